The maximum Gasteiger partial charge on any atom is 0.242 e. The minimum atomic E-state index is -0.218. The fourth-order valence-corrected chi connectivity index (χ4v) is 2.75. The second-order valence-electron chi connectivity index (χ2n) is 6.74. The highest BCUT2D eigenvalue weighted by Crippen LogP contribution is 2.28. The first-order valence-electron chi connectivity index (χ1n) is 8.12. The van der Waals surface area contributed by atoms with Gasteiger partial charge in [-0.3, -0.25) is 4.79 Å². The molecule has 0 bridgehead atoms. The van der Waals surface area contributed by atoms with Crippen LogP contribution in [0.2, 0.25) is 0 Å². The van der Waals surface area contributed by atoms with Crippen molar-refractivity contribution in [3.05, 3.63) is 29.3 Å². The van der Waals surface area contributed by atoms with E-state index in [9.17, 15) is 4.79 Å². The van der Waals surface area contributed by atoms with E-state index in [0.29, 0.717) is 0 Å². The van der Waals surface area contributed by atoms with Gasteiger partial charge >= 0.3 is 0 Å². The molecule has 1 atom stereocenters. The van der Waals surface area contributed by atoms with E-state index in [1.807, 2.05) is 6.92 Å². The summed E-state index contributed by atoms with van der Waals surface area (Å²) in [6, 6.07) is 6.18. The molecule has 116 valence electrons. The van der Waals surface area contributed by atoms with E-state index >= 15 is 0 Å². The molecule has 2 rings (SSSR count). The zero-order valence-electron chi connectivity index (χ0n) is 13.8. The van der Waals surface area contributed by atoms with E-state index in [4.69, 9.17) is 0 Å². The zero-order valence-corrected chi connectivity index (χ0v) is 13.8. The molecule has 0 saturated heterocycles. The van der Waals surface area contributed by atoms with E-state index in [1.54, 1.807) is 0 Å². The van der Waals surface area contributed by atoms with Gasteiger partial charge in [-0.1, -0.05) is 19.1 Å². The van der Waals surface area contributed by atoms with Crippen LogP contribution in [0.15, 0.2) is 18.2 Å². The monoisotopic (exact) mass is 288 g/mol. The first kappa shape index (κ1) is 15.9. The Hall–Kier alpha value is -1.51. The lowest BCUT2D eigenvalue weighted by Crippen LogP contribution is -2.48. The highest BCUT2D eigenvalue weighted by Gasteiger charge is 2.22. The van der Waals surface area contributed by atoms with Gasteiger partial charge in [0.25, 0.3) is 0 Å². The van der Waals surface area contributed by atoms with Crippen LogP contribution in [-0.2, 0) is 17.6 Å². The van der Waals surface area contributed by atoms with E-state index < -0.39 is 0 Å². The molecule has 0 aromatic heterocycles. The number of fused-ring (bicyclic) bond motifs is 1. The van der Waals surface area contributed by atoms with Gasteiger partial charge in [0.1, 0.15) is 6.04 Å². The normalized spacial score (nSPS) is 16.0. The Bertz CT molecular complexity index is 508. The Labute approximate surface area is 128 Å². The SMILES string of the molecule is CCC(C)(C)NC(=O)C(C)Nc1cccc2c1CCCC2. The first-order chi connectivity index (χ1) is 9.93. The van der Waals surface area contributed by atoms with Gasteiger partial charge < -0.3 is 10.6 Å². The smallest absolute Gasteiger partial charge is 0.242 e. The van der Waals surface area contributed by atoms with Crippen molar-refractivity contribution in [3.63, 3.8) is 0 Å². The molecular formula is C18H28N2O. The van der Waals surface area contributed by atoms with Crippen molar-refractivity contribution in [3.8, 4) is 0 Å². The lowest BCUT2D eigenvalue weighted by atomic mass is 9.90. The third-order valence-corrected chi connectivity index (χ3v) is 4.51. The second kappa shape index (κ2) is 6.50. The molecule has 1 aromatic carbocycles. The molecule has 3 heteroatoms. The van der Waals surface area contributed by atoms with Crippen LogP contribution in [0.1, 0.15) is 58.1 Å². The predicted molar refractivity (Wildman–Crippen MR) is 88.7 cm³/mol. The van der Waals surface area contributed by atoms with Crippen LogP contribution in [0.5, 0.6) is 0 Å². The highest BCUT2D eigenvalue weighted by molar-refractivity contribution is 5.85. The van der Waals surface area contributed by atoms with Crippen molar-refractivity contribution in [1.29, 1.82) is 0 Å². The van der Waals surface area contributed by atoms with Crippen LogP contribution >= 0.6 is 0 Å². The van der Waals surface area contributed by atoms with Crippen LogP contribution in [-0.4, -0.2) is 17.5 Å². The number of benzene rings is 1. The molecule has 1 unspecified atom stereocenters. The molecule has 3 nitrogen and oxygen atoms in total. The lowest BCUT2D eigenvalue weighted by Gasteiger charge is -2.28. The maximum absolute atomic E-state index is 12.3. The second-order valence-corrected chi connectivity index (χ2v) is 6.74. The summed E-state index contributed by atoms with van der Waals surface area (Å²) in [5, 5.41) is 6.51. The van der Waals surface area contributed by atoms with E-state index in [0.717, 1.165) is 24.9 Å². The number of rotatable bonds is 5. The summed E-state index contributed by atoms with van der Waals surface area (Å²) in [5.74, 6) is 0.0651. The van der Waals surface area contributed by atoms with Crippen molar-refractivity contribution >= 4 is 11.6 Å². The number of aryl methyl sites for hydroxylation is 1. The Kier molecular flexibility index (Phi) is 4.92. The lowest BCUT2D eigenvalue weighted by molar-refractivity contribution is -0.123. The summed E-state index contributed by atoms with van der Waals surface area (Å²) in [6.45, 7) is 8.14. The van der Waals surface area contributed by atoms with E-state index in [-0.39, 0.29) is 17.5 Å². The summed E-state index contributed by atoms with van der Waals surface area (Å²) < 4.78 is 0. The number of carbonyl (C=O) groups excluding carboxylic acids is 1. The zero-order chi connectivity index (χ0) is 15.5. The van der Waals surface area contributed by atoms with Crippen LogP contribution in [0.25, 0.3) is 0 Å². The minimum absolute atomic E-state index is 0.0651. The van der Waals surface area contributed by atoms with Crippen LogP contribution in [0, 0.1) is 0 Å². The Balaban J connectivity index is 2.06. The first-order valence-corrected chi connectivity index (χ1v) is 8.12. The van der Waals surface area contributed by atoms with Crippen molar-refractivity contribution in [2.24, 2.45) is 0 Å². The minimum Gasteiger partial charge on any atom is -0.374 e. The molecule has 0 radical (unpaired) electrons. The molecule has 1 amide bonds. The van der Waals surface area contributed by atoms with E-state index in [1.165, 1.54) is 24.0 Å². The van der Waals surface area contributed by atoms with Gasteiger partial charge in [0.15, 0.2) is 0 Å². The van der Waals surface area contributed by atoms with Crippen molar-refractivity contribution in [1.82, 2.24) is 5.32 Å². The summed E-state index contributed by atoms with van der Waals surface area (Å²) in [5.41, 5.74) is 3.82. The fourth-order valence-electron chi connectivity index (χ4n) is 2.75. The van der Waals surface area contributed by atoms with Gasteiger partial charge in [0.05, 0.1) is 0 Å². The number of carbonyl (C=O) groups is 1. The molecular weight excluding hydrogens is 260 g/mol. The quantitative estimate of drug-likeness (QED) is 0.868. The Morgan fingerprint density at radius 3 is 2.71 bits per heavy atom. The summed E-state index contributed by atoms with van der Waals surface area (Å²) in [7, 11) is 0. The summed E-state index contributed by atoms with van der Waals surface area (Å²) >= 11 is 0. The molecule has 1 aliphatic rings. The van der Waals surface area contributed by atoms with Crippen molar-refractivity contribution in [2.75, 3.05) is 5.32 Å². The summed E-state index contributed by atoms with van der Waals surface area (Å²) in [4.78, 5) is 12.3. The number of hydrogen-bond acceptors (Lipinski definition) is 2. The van der Waals surface area contributed by atoms with Crippen molar-refractivity contribution in [2.45, 2.75) is 71.4 Å². The van der Waals surface area contributed by atoms with Gasteiger partial charge in [0, 0.05) is 11.2 Å². The number of amides is 1. The largest absolute Gasteiger partial charge is 0.374 e. The topological polar surface area (TPSA) is 41.1 Å². The Morgan fingerprint density at radius 1 is 1.29 bits per heavy atom. The van der Waals surface area contributed by atoms with Crippen LogP contribution in [0.4, 0.5) is 5.69 Å². The standard InChI is InChI=1S/C18H28N2O/c1-5-18(3,4)20-17(21)13(2)19-16-12-8-10-14-9-6-7-11-15(14)16/h8,10,12-13,19H,5-7,9,11H2,1-4H3,(H,20,21). The van der Waals surface area contributed by atoms with Crippen LogP contribution < -0.4 is 10.6 Å². The molecule has 0 saturated carbocycles. The fraction of sp³-hybridized carbons (Fsp3) is 0.611. The highest BCUT2D eigenvalue weighted by atomic mass is 16.2. The molecule has 0 aliphatic heterocycles. The molecule has 21 heavy (non-hydrogen) atoms. The maximum atomic E-state index is 12.3. The third kappa shape index (κ3) is 3.99. The van der Waals surface area contributed by atoms with Gasteiger partial charge in [-0.25, -0.2) is 0 Å². The molecule has 0 heterocycles. The molecule has 0 spiro atoms. The third-order valence-electron chi connectivity index (χ3n) is 4.51. The van der Waals surface area contributed by atoms with Gasteiger partial charge in [-0.05, 0) is 70.1 Å². The number of nitrogens with one attached hydrogen (secondary N) is 2. The molecule has 1 aromatic rings. The average Bonchev–Trinajstić information content (AvgIpc) is 2.47. The number of hydrogen-bond donors (Lipinski definition) is 2. The van der Waals surface area contributed by atoms with Gasteiger partial charge in [-0.2, -0.15) is 0 Å². The van der Waals surface area contributed by atoms with Crippen molar-refractivity contribution < 1.29 is 4.79 Å². The predicted octanol–water partition coefficient (Wildman–Crippen LogP) is 3.67. The Morgan fingerprint density at radius 2 is 2.00 bits per heavy atom. The average molecular weight is 288 g/mol. The molecule has 1 aliphatic carbocycles. The van der Waals surface area contributed by atoms with Crippen LogP contribution in [0.3, 0.4) is 0 Å². The number of anilines is 1. The molecule has 0 fully saturated rings. The van der Waals surface area contributed by atoms with E-state index in [2.05, 4.69) is 49.6 Å². The van der Waals surface area contributed by atoms with Gasteiger partial charge in [-0.15, -0.1) is 0 Å². The summed E-state index contributed by atoms with van der Waals surface area (Å²) in [6.07, 6.45) is 5.72. The van der Waals surface area contributed by atoms with Gasteiger partial charge in [0.2, 0.25) is 5.91 Å². The molecule has 2 N–H and O–H groups in total.